The van der Waals surface area contributed by atoms with Gasteiger partial charge >= 0.3 is 6.03 Å². The van der Waals surface area contributed by atoms with Gasteiger partial charge in [-0.2, -0.15) is 0 Å². The molecule has 0 radical (unpaired) electrons. The van der Waals surface area contributed by atoms with Crippen LogP contribution in [0.5, 0.6) is 0 Å². The van der Waals surface area contributed by atoms with Gasteiger partial charge in [-0.1, -0.05) is 47.5 Å². The third kappa shape index (κ3) is 4.78. The Morgan fingerprint density at radius 3 is 2.50 bits per heavy atom. The van der Waals surface area contributed by atoms with Crippen LogP contribution >= 0.6 is 11.6 Å². The van der Waals surface area contributed by atoms with Crippen molar-refractivity contribution in [2.24, 2.45) is 0 Å². The van der Waals surface area contributed by atoms with Crippen LogP contribution in [0.4, 0.5) is 16.2 Å². The van der Waals surface area contributed by atoms with E-state index in [2.05, 4.69) is 37.4 Å². The minimum atomic E-state index is -0.267. The van der Waals surface area contributed by atoms with Crippen LogP contribution < -0.4 is 10.2 Å². The fraction of sp³-hybridized carbons (Fsp3) is 0.231. The van der Waals surface area contributed by atoms with Crippen LogP contribution in [-0.4, -0.2) is 29.9 Å². The quantitative estimate of drug-likeness (QED) is 0.518. The Morgan fingerprint density at radius 2 is 1.75 bits per heavy atom. The second-order valence-corrected chi connectivity index (χ2v) is 8.53. The summed E-state index contributed by atoms with van der Waals surface area (Å²) in [4.78, 5) is 29.4. The van der Waals surface area contributed by atoms with Gasteiger partial charge in [0.15, 0.2) is 0 Å². The Hall–Kier alpha value is -3.31. The molecule has 0 bridgehead atoms. The van der Waals surface area contributed by atoms with Crippen LogP contribution in [0.1, 0.15) is 33.5 Å². The van der Waals surface area contributed by atoms with E-state index in [0.717, 1.165) is 18.7 Å². The fourth-order valence-corrected chi connectivity index (χ4v) is 4.13. The van der Waals surface area contributed by atoms with Crippen LogP contribution in [0, 0.1) is 13.8 Å². The van der Waals surface area contributed by atoms with E-state index in [4.69, 9.17) is 11.6 Å². The smallest absolute Gasteiger partial charge is 0.322 e. The van der Waals surface area contributed by atoms with E-state index in [9.17, 15) is 9.59 Å². The van der Waals surface area contributed by atoms with Crippen molar-refractivity contribution in [1.82, 2.24) is 4.90 Å². The van der Waals surface area contributed by atoms with Gasteiger partial charge in [-0.25, -0.2) is 4.79 Å². The van der Waals surface area contributed by atoms with Crippen LogP contribution in [-0.2, 0) is 6.54 Å². The lowest BCUT2D eigenvalue weighted by Gasteiger charge is -2.36. The molecule has 0 atom stereocenters. The molecule has 0 saturated carbocycles. The predicted molar refractivity (Wildman–Crippen MR) is 130 cm³/mol. The van der Waals surface area contributed by atoms with Gasteiger partial charge in [-0.15, -0.1) is 0 Å². The molecule has 0 aromatic heterocycles. The van der Waals surface area contributed by atoms with Crippen LogP contribution in [0.3, 0.4) is 0 Å². The maximum absolute atomic E-state index is 13.2. The summed E-state index contributed by atoms with van der Waals surface area (Å²) >= 11 is 6.11. The van der Waals surface area contributed by atoms with Crippen molar-refractivity contribution in [1.29, 1.82) is 0 Å². The van der Waals surface area contributed by atoms with Crippen molar-refractivity contribution in [3.05, 3.63) is 94.0 Å². The molecular weight excluding hydrogens is 422 g/mol. The molecule has 3 aromatic carbocycles. The molecule has 1 heterocycles. The molecule has 4 rings (SSSR count). The summed E-state index contributed by atoms with van der Waals surface area (Å²) in [6.45, 7) is 6.17. The van der Waals surface area contributed by atoms with Gasteiger partial charge < -0.3 is 10.2 Å². The maximum Gasteiger partial charge on any atom is 0.324 e. The van der Waals surface area contributed by atoms with Crippen LogP contribution in [0.25, 0.3) is 0 Å². The number of urea groups is 1. The van der Waals surface area contributed by atoms with Gasteiger partial charge in [0.05, 0.1) is 10.6 Å². The maximum atomic E-state index is 13.2. The number of carbonyl (C=O) groups excluding carboxylic acids is 2. The van der Waals surface area contributed by atoms with Crippen molar-refractivity contribution in [3.63, 3.8) is 0 Å². The molecule has 5 nitrogen and oxygen atoms in total. The van der Waals surface area contributed by atoms with Crippen molar-refractivity contribution >= 4 is 34.9 Å². The highest BCUT2D eigenvalue weighted by Gasteiger charge is 2.27. The number of carbonyl (C=O) groups is 2. The van der Waals surface area contributed by atoms with E-state index in [1.165, 1.54) is 16.7 Å². The van der Waals surface area contributed by atoms with Crippen molar-refractivity contribution in [2.45, 2.75) is 26.8 Å². The van der Waals surface area contributed by atoms with E-state index in [-0.39, 0.29) is 11.9 Å². The summed E-state index contributed by atoms with van der Waals surface area (Å²) in [6, 6.07) is 20.6. The Bertz CT molecular complexity index is 1140. The number of nitrogens with zero attached hydrogens (tertiary/aromatic N) is 2. The molecule has 6 heteroatoms. The summed E-state index contributed by atoms with van der Waals surface area (Å²) in [5.41, 5.74) is 5.46. The fourth-order valence-electron chi connectivity index (χ4n) is 3.91. The molecule has 164 valence electrons. The predicted octanol–water partition coefficient (Wildman–Crippen LogP) is 6.04. The number of benzene rings is 3. The van der Waals surface area contributed by atoms with Crippen molar-refractivity contribution < 1.29 is 9.59 Å². The van der Waals surface area contributed by atoms with Gasteiger partial charge in [-0.3, -0.25) is 9.69 Å². The van der Waals surface area contributed by atoms with Gasteiger partial charge in [-0.05, 0) is 67.8 Å². The number of rotatable bonds is 5. The summed E-state index contributed by atoms with van der Waals surface area (Å²) in [5.74, 6) is -0.267. The van der Waals surface area contributed by atoms with Crippen LogP contribution in [0.2, 0.25) is 5.02 Å². The number of nitrogens with one attached hydrogen (secondary N) is 1. The highest BCUT2D eigenvalue weighted by molar-refractivity contribution is 6.34. The lowest BCUT2D eigenvalue weighted by molar-refractivity contribution is 0.102. The van der Waals surface area contributed by atoms with Gasteiger partial charge in [0, 0.05) is 31.0 Å². The second-order valence-electron chi connectivity index (χ2n) is 8.12. The molecule has 0 spiro atoms. The van der Waals surface area contributed by atoms with Crippen molar-refractivity contribution in [3.8, 4) is 0 Å². The SMILES string of the molecule is Cc1ccc(C)c(CN2CCCN(c3ccc(NC(=O)c4ccccc4Cl)cc3)C2=O)c1. The summed E-state index contributed by atoms with van der Waals surface area (Å²) in [6.07, 6.45) is 0.904. The molecule has 3 amide bonds. The molecule has 1 N–H and O–H groups in total. The second kappa shape index (κ2) is 9.45. The first-order valence-corrected chi connectivity index (χ1v) is 11.1. The molecule has 1 saturated heterocycles. The number of anilines is 2. The lowest BCUT2D eigenvalue weighted by atomic mass is 10.0. The number of hydrogen-bond donors (Lipinski definition) is 1. The molecule has 3 aromatic rings. The zero-order valence-corrected chi connectivity index (χ0v) is 19.0. The zero-order chi connectivity index (χ0) is 22.7. The minimum Gasteiger partial charge on any atom is -0.322 e. The van der Waals surface area contributed by atoms with Gasteiger partial charge in [0.25, 0.3) is 5.91 Å². The average molecular weight is 448 g/mol. The molecule has 1 fully saturated rings. The van der Waals surface area contributed by atoms with Gasteiger partial charge in [0.2, 0.25) is 0 Å². The number of aryl methyl sites for hydroxylation is 2. The minimum absolute atomic E-state index is 0.00464. The number of halogens is 1. The third-order valence-electron chi connectivity index (χ3n) is 5.73. The van der Waals surface area contributed by atoms with Gasteiger partial charge in [0.1, 0.15) is 0 Å². The van der Waals surface area contributed by atoms with E-state index in [1.54, 1.807) is 41.3 Å². The lowest BCUT2D eigenvalue weighted by Crippen LogP contribution is -2.49. The zero-order valence-electron chi connectivity index (χ0n) is 18.3. The molecule has 0 unspecified atom stereocenters. The molecule has 1 aliphatic heterocycles. The Balaban J connectivity index is 1.45. The third-order valence-corrected chi connectivity index (χ3v) is 6.06. The Kier molecular flexibility index (Phi) is 6.47. The molecular formula is C26H26ClN3O2. The average Bonchev–Trinajstić information content (AvgIpc) is 2.78. The van der Waals surface area contributed by atoms with E-state index in [0.29, 0.717) is 29.4 Å². The first kappa shape index (κ1) is 21.9. The van der Waals surface area contributed by atoms with Crippen molar-refractivity contribution in [2.75, 3.05) is 23.3 Å². The molecule has 32 heavy (non-hydrogen) atoms. The summed E-state index contributed by atoms with van der Waals surface area (Å²) in [7, 11) is 0. The monoisotopic (exact) mass is 447 g/mol. The normalized spacial score (nSPS) is 13.9. The Morgan fingerprint density at radius 1 is 1.00 bits per heavy atom. The molecule has 1 aliphatic rings. The van der Waals surface area contributed by atoms with E-state index >= 15 is 0 Å². The van der Waals surface area contributed by atoms with E-state index in [1.807, 2.05) is 17.0 Å². The Labute approximate surface area is 193 Å². The summed E-state index contributed by atoms with van der Waals surface area (Å²) in [5, 5.41) is 3.26. The highest BCUT2D eigenvalue weighted by atomic mass is 35.5. The standard InChI is InChI=1S/C26H26ClN3O2/c1-18-8-9-19(2)20(16-18)17-29-14-5-15-30(26(29)32)22-12-10-21(11-13-22)28-25(31)23-6-3-4-7-24(23)27/h3-4,6-13,16H,5,14-15,17H2,1-2H3,(H,28,31). The largest absolute Gasteiger partial charge is 0.324 e. The topological polar surface area (TPSA) is 52.6 Å². The number of amides is 3. The molecule has 0 aliphatic carbocycles. The van der Waals surface area contributed by atoms with Crippen LogP contribution in [0.15, 0.2) is 66.7 Å². The number of hydrogen-bond acceptors (Lipinski definition) is 2. The summed E-state index contributed by atoms with van der Waals surface area (Å²) < 4.78 is 0. The first-order chi connectivity index (χ1) is 15.4. The van der Waals surface area contributed by atoms with E-state index < -0.39 is 0 Å². The first-order valence-electron chi connectivity index (χ1n) is 10.7. The highest BCUT2D eigenvalue weighted by Crippen LogP contribution is 2.25.